The summed E-state index contributed by atoms with van der Waals surface area (Å²) in [6, 6.07) is 16.9. The number of hydrogen-bond acceptors (Lipinski definition) is 6. The lowest BCUT2D eigenvalue weighted by Crippen LogP contribution is -2.23. The minimum absolute atomic E-state index is 0.0697. The zero-order valence-electron chi connectivity index (χ0n) is 15.0. The zero-order valence-corrected chi connectivity index (χ0v) is 15.0. The fraction of sp³-hybridized carbons (Fsp3) is 0.158. The van der Waals surface area contributed by atoms with Gasteiger partial charge in [0.2, 0.25) is 5.69 Å². The first kappa shape index (κ1) is 18.1. The summed E-state index contributed by atoms with van der Waals surface area (Å²) < 4.78 is 10.4. The van der Waals surface area contributed by atoms with E-state index in [2.05, 4.69) is 20.7 Å². The molecule has 0 atom stereocenters. The largest absolute Gasteiger partial charge is 0.497 e. The van der Waals surface area contributed by atoms with Crippen molar-refractivity contribution in [1.82, 2.24) is 20.4 Å². The van der Waals surface area contributed by atoms with E-state index in [4.69, 9.17) is 9.47 Å². The van der Waals surface area contributed by atoms with Gasteiger partial charge in [-0.15, -0.1) is 5.10 Å². The fourth-order valence-electron chi connectivity index (χ4n) is 2.33. The average molecular weight is 365 g/mol. The lowest BCUT2D eigenvalue weighted by atomic mass is 10.2. The van der Waals surface area contributed by atoms with Gasteiger partial charge in [0.15, 0.2) is 0 Å². The minimum Gasteiger partial charge on any atom is -0.497 e. The summed E-state index contributed by atoms with van der Waals surface area (Å²) in [6.07, 6.45) is 1.59. The Morgan fingerprint density at radius 1 is 1.11 bits per heavy atom. The van der Waals surface area contributed by atoms with E-state index in [1.807, 2.05) is 54.6 Å². The van der Waals surface area contributed by atoms with Crippen LogP contribution in [0.4, 0.5) is 0 Å². The molecule has 0 saturated carbocycles. The highest BCUT2D eigenvalue weighted by Crippen LogP contribution is 2.15. The lowest BCUT2D eigenvalue weighted by molar-refractivity contribution is 0.0942. The molecule has 0 aliphatic heterocycles. The van der Waals surface area contributed by atoms with Crippen LogP contribution in [0.5, 0.6) is 11.6 Å². The van der Waals surface area contributed by atoms with Crippen molar-refractivity contribution < 1.29 is 14.3 Å². The van der Waals surface area contributed by atoms with Gasteiger partial charge in [0, 0.05) is 6.54 Å². The number of benzene rings is 2. The van der Waals surface area contributed by atoms with Crippen molar-refractivity contribution in [1.29, 1.82) is 0 Å². The van der Waals surface area contributed by atoms with Crippen LogP contribution < -0.4 is 14.8 Å². The van der Waals surface area contributed by atoms with Gasteiger partial charge in [-0.25, -0.2) is 0 Å². The quantitative estimate of drug-likeness (QED) is 0.648. The summed E-state index contributed by atoms with van der Waals surface area (Å²) in [4.78, 5) is 13.6. The second-order valence-electron chi connectivity index (χ2n) is 5.52. The molecule has 1 aromatic heterocycles. The first-order chi connectivity index (χ1) is 13.2. The van der Waals surface area contributed by atoms with Crippen molar-refractivity contribution in [3.8, 4) is 11.6 Å². The van der Waals surface area contributed by atoms with Gasteiger partial charge >= 0.3 is 0 Å². The normalized spacial score (nSPS) is 10.7. The molecule has 0 unspecified atom stereocenters. The maximum absolute atomic E-state index is 12.4. The molecule has 8 heteroatoms. The van der Waals surface area contributed by atoms with Crippen LogP contribution in [-0.4, -0.2) is 41.4 Å². The molecular formula is C19H19N5O3. The second kappa shape index (κ2) is 8.61. The number of aromatic nitrogens is 3. The summed E-state index contributed by atoms with van der Waals surface area (Å²) in [5, 5.41) is 14.7. The molecule has 0 fully saturated rings. The molecule has 0 saturated heterocycles. The molecule has 138 valence electrons. The smallest absolute Gasteiger partial charge is 0.277 e. The first-order valence-corrected chi connectivity index (χ1v) is 8.21. The Balaban J connectivity index is 1.71. The Hall–Kier alpha value is -3.68. The average Bonchev–Trinajstić information content (AvgIpc) is 3.14. The van der Waals surface area contributed by atoms with E-state index in [-0.39, 0.29) is 17.5 Å². The van der Waals surface area contributed by atoms with E-state index in [0.717, 1.165) is 16.9 Å². The van der Waals surface area contributed by atoms with Gasteiger partial charge in [0.25, 0.3) is 11.8 Å². The number of methoxy groups -OCH3 is 2. The predicted octanol–water partition coefficient (Wildman–Crippen LogP) is 2.11. The summed E-state index contributed by atoms with van der Waals surface area (Å²) >= 11 is 0. The number of rotatable bonds is 7. The fourth-order valence-corrected chi connectivity index (χ4v) is 2.33. The van der Waals surface area contributed by atoms with Crippen molar-refractivity contribution in [2.45, 2.75) is 6.54 Å². The maximum Gasteiger partial charge on any atom is 0.277 e. The van der Waals surface area contributed by atoms with E-state index in [1.165, 1.54) is 11.9 Å². The third-order valence-electron chi connectivity index (χ3n) is 3.75. The van der Waals surface area contributed by atoms with Crippen LogP contribution in [-0.2, 0) is 6.54 Å². The summed E-state index contributed by atoms with van der Waals surface area (Å²) in [5.41, 5.74) is 1.89. The molecule has 8 nitrogen and oxygen atoms in total. The Morgan fingerprint density at radius 3 is 2.52 bits per heavy atom. The first-order valence-electron chi connectivity index (χ1n) is 8.21. The van der Waals surface area contributed by atoms with E-state index in [0.29, 0.717) is 6.54 Å². The highest BCUT2D eigenvalue weighted by Gasteiger charge is 2.20. The molecule has 0 bridgehead atoms. The molecule has 0 spiro atoms. The van der Waals surface area contributed by atoms with Crippen LogP contribution in [0.1, 0.15) is 21.6 Å². The van der Waals surface area contributed by atoms with Crippen molar-refractivity contribution in [3.63, 3.8) is 0 Å². The Labute approximate surface area is 156 Å². The Morgan fingerprint density at radius 2 is 1.85 bits per heavy atom. The standard InChI is InChI=1S/C19H19N5O3/c1-26-16-10-8-15(9-11-16)13-21-24-19(27-2)17(22-23-24)18(25)20-12-14-6-4-3-5-7-14/h3-11,13H,12H2,1-2H3,(H,20,25). The monoisotopic (exact) mass is 365 g/mol. The topological polar surface area (TPSA) is 90.6 Å². The molecule has 2 aromatic carbocycles. The summed E-state index contributed by atoms with van der Waals surface area (Å²) in [6.45, 7) is 0.380. The van der Waals surface area contributed by atoms with Gasteiger partial charge in [-0.2, -0.15) is 5.10 Å². The number of nitrogens with zero attached hydrogens (tertiary/aromatic N) is 4. The van der Waals surface area contributed by atoms with Crippen LogP contribution in [0.2, 0.25) is 0 Å². The van der Waals surface area contributed by atoms with Gasteiger partial charge in [-0.05, 0) is 40.6 Å². The third-order valence-corrected chi connectivity index (χ3v) is 3.75. The molecule has 0 aliphatic carbocycles. The Kier molecular flexibility index (Phi) is 5.78. The highest BCUT2D eigenvalue weighted by molar-refractivity contribution is 5.94. The van der Waals surface area contributed by atoms with E-state index in [1.54, 1.807) is 13.3 Å². The number of carbonyl (C=O) groups is 1. The van der Waals surface area contributed by atoms with Gasteiger partial charge in [0.1, 0.15) is 5.75 Å². The van der Waals surface area contributed by atoms with Crippen molar-refractivity contribution in [2.24, 2.45) is 5.10 Å². The second-order valence-corrected chi connectivity index (χ2v) is 5.52. The number of carbonyl (C=O) groups excluding carboxylic acids is 1. The summed E-state index contributed by atoms with van der Waals surface area (Å²) in [5.74, 6) is 0.523. The molecule has 27 heavy (non-hydrogen) atoms. The predicted molar refractivity (Wildman–Crippen MR) is 100 cm³/mol. The van der Waals surface area contributed by atoms with Gasteiger partial charge in [-0.1, -0.05) is 35.1 Å². The van der Waals surface area contributed by atoms with Gasteiger partial charge in [-0.3, -0.25) is 4.79 Å². The van der Waals surface area contributed by atoms with Crippen molar-refractivity contribution in [2.75, 3.05) is 14.2 Å². The molecule has 1 heterocycles. The lowest BCUT2D eigenvalue weighted by Gasteiger charge is -2.05. The molecular weight excluding hydrogens is 346 g/mol. The number of hydrogen-bond donors (Lipinski definition) is 1. The molecule has 0 aliphatic rings. The third kappa shape index (κ3) is 4.49. The van der Waals surface area contributed by atoms with Crippen LogP contribution >= 0.6 is 0 Å². The Bertz CT molecular complexity index is 920. The molecule has 0 radical (unpaired) electrons. The van der Waals surface area contributed by atoms with E-state index < -0.39 is 0 Å². The highest BCUT2D eigenvalue weighted by atomic mass is 16.5. The maximum atomic E-state index is 12.4. The molecule has 1 amide bonds. The van der Waals surface area contributed by atoms with Crippen LogP contribution in [0.25, 0.3) is 0 Å². The molecule has 3 aromatic rings. The van der Waals surface area contributed by atoms with Gasteiger partial charge < -0.3 is 14.8 Å². The zero-order chi connectivity index (χ0) is 19.1. The summed E-state index contributed by atoms with van der Waals surface area (Å²) in [7, 11) is 3.04. The van der Waals surface area contributed by atoms with E-state index >= 15 is 0 Å². The minimum atomic E-state index is -0.387. The number of ether oxygens (including phenoxy) is 2. The molecule has 1 N–H and O–H groups in total. The van der Waals surface area contributed by atoms with E-state index in [9.17, 15) is 4.79 Å². The van der Waals surface area contributed by atoms with Gasteiger partial charge in [0.05, 0.1) is 20.4 Å². The van der Waals surface area contributed by atoms with Crippen LogP contribution in [0.3, 0.4) is 0 Å². The van der Waals surface area contributed by atoms with Crippen LogP contribution in [0.15, 0.2) is 59.7 Å². The van der Waals surface area contributed by atoms with Crippen molar-refractivity contribution in [3.05, 3.63) is 71.4 Å². The van der Waals surface area contributed by atoms with Crippen LogP contribution in [0, 0.1) is 0 Å². The molecule has 3 rings (SSSR count). The SMILES string of the molecule is COc1ccc(C=Nn2nnc(C(=O)NCc3ccccc3)c2OC)cc1. The number of nitrogens with one attached hydrogen (secondary N) is 1. The van der Waals surface area contributed by atoms with Crippen molar-refractivity contribution >= 4 is 12.1 Å². The number of amides is 1.